The van der Waals surface area contributed by atoms with E-state index in [4.69, 9.17) is 14.2 Å². The minimum absolute atomic E-state index is 0.268. The summed E-state index contributed by atoms with van der Waals surface area (Å²) in [4.78, 5) is 46.3. The standard InChI is InChI=1S/C36H30N2O6/c1-42-24-16-12-22(13-17-24)34(40)32-31(33(39)23-14-18-28(43-2)29(20-23)44-3)36(25-9-5-6-10-26(25)37-35(36)41)30-19-15-21-8-4-7-11-27(21)38(30)32/h4-20,30-32H,1-3H3,(H,37,41)/t30?,31-,32+,36+/m0/s1. The van der Waals surface area contributed by atoms with Crippen LogP contribution in [0.4, 0.5) is 11.4 Å². The Balaban J connectivity index is 1.51. The second kappa shape index (κ2) is 10.4. The van der Waals surface area contributed by atoms with Gasteiger partial charge in [0.15, 0.2) is 23.1 Å². The summed E-state index contributed by atoms with van der Waals surface area (Å²) < 4.78 is 16.3. The molecule has 44 heavy (non-hydrogen) atoms. The molecule has 0 radical (unpaired) electrons. The molecule has 0 saturated carbocycles. The first-order chi connectivity index (χ1) is 21.4. The number of Topliss-reactive ketones (excluding diaryl/α,β-unsaturated/α-hetero) is 2. The molecule has 1 spiro atoms. The molecule has 1 saturated heterocycles. The van der Waals surface area contributed by atoms with Crippen LogP contribution in [-0.2, 0) is 10.2 Å². The van der Waals surface area contributed by atoms with Gasteiger partial charge in [0.05, 0.1) is 33.3 Å². The van der Waals surface area contributed by atoms with Gasteiger partial charge in [-0.2, -0.15) is 0 Å². The maximum atomic E-state index is 15.0. The number of fused-ring (bicyclic) bond motifs is 6. The number of para-hydroxylation sites is 2. The van der Waals surface area contributed by atoms with Crippen LogP contribution in [-0.4, -0.2) is 50.9 Å². The van der Waals surface area contributed by atoms with Gasteiger partial charge < -0.3 is 24.4 Å². The lowest BCUT2D eigenvalue weighted by Crippen LogP contribution is -2.51. The molecule has 1 N–H and O–H groups in total. The van der Waals surface area contributed by atoms with Crippen molar-refractivity contribution in [1.82, 2.24) is 0 Å². The fourth-order valence-electron chi connectivity index (χ4n) is 7.21. The van der Waals surface area contributed by atoms with Crippen molar-refractivity contribution < 1.29 is 28.6 Å². The van der Waals surface area contributed by atoms with Crippen molar-refractivity contribution in [2.75, 3.05) is 31.5 Å². The number of rotatable bonds is 7. The van der Waals surface area contributed by atoms with Crippen LogP contribution < -0.4 is 24.4 Å². The highest BCUT2D eigenvalue weighted by molar-refractivity contribution is 6.18. The molecule has 0 bridgehead atoms. The average molecular weight is 587 g/mol. The van der Waals surface area contributed by atoms with E-state index in [1.807, 2.05) is 65.6 Å². The molecule has 8 heteroatoms. The molecule has 4 aromatic carbocycles. The Hall–Kier alpha value is -5.37. The minimum atomic E-state index is -1.41. The molecular formula is C36H30N2O6. The Bertz CT molecular complexity index is 1850. The van der Waals surface area contributed by atoms with Crippen molar-refractivity contribution in [1.29, 1.82) is 0 Å². The number of methoxy groups -OCH3 is 3. The van der Waals surface area contributed by atoms with Crippen molar-refractivity contribution in [3.8, 4) is 17.2 Å². The number of nitrogens with one attached hydrogen (secondary N) is 1. The Morgan fingerprint density at radius 3 is 2.23 bits per heavy atom. The summed E-state index contributed by atoms with van der Waals surface area (Å²) in [7, 11) is 4.59. The molecule has 3 aliphatic heterocycles. The monoisotopic (exact) mass is 586 g/mol. The first-order valence-electron chi connectivity index (χ1n) is 14.3. The van der Waals surface area contributed by atoms with Crippen molar-refractivity contribution >= 4 is 34.9 Å². The number of carbonyl (C=O) groups is 3. The van der Waals surface area contributed by atoms with Crippen LogP contribution >= 0.6 is 0 Å². The lowest BCUT2D eigenvalue weighted by molar-refractivity contribution is -0.121. The second-order valence-corrected chi connectivity index (χ2v) is 11.1. The molecule has 8 nitrogen and oxygen atoms in total. The predicted octanol–water partition coefficient (Wildman–Crippen LogP) is 5.57. The normalized spacial score (nSPS) is 22.6. The van der Waals surface area contributed by atoms with E-state index < -0.39 is 23.4 Å². The van der Waals surface area contributed by atoms with E-state index in [0.29, 0.717) is 39.6 Å². The SMILES string of the molecule is COc1ccc(C(=O)[C@H]2[C@@H](C(=O)c3ccc(OC)c(OC)c3)[C@]3(C(=O)Nc4ccccc43)C3C=Cc4ccccc4N32)cc1. The highest BCUT2D eigenvalue weighted by Gasteiger charge is 2.70. The van der Waals surface area contributed by atoms with Gasteiger partial charge >= 0.3 is 0 Å². The zero-order valence-corrected chi connectivity index (χ0v) is 24.4. The third-order valence-corrected chi connectivity index (χ3v) is 9.14. The van der Waals surface area contributed by atoms with Gasteiger partial charge in [-0.15, -0.1) is 0 Å². The summed E-state index contributed by atoms with van der Waals surface area (Å²) in [5.74, 6) is -0.575. The summed E-state index contributed by atoms with van der Waals surface area (Å²) in [6.07, 6.45) is 3.94. The van der Waals surface area contributed by atoms with Gasteiger partial charge in [-0.1, -0.05) is 48.6 Å². The molecule has 1 fully saturated rings. The van der Waals surface area contributed by atoms with Crippen molar-refractivity contribution in [3.05, 3.63) is 119 Å². The molecule has 0 aromatic heterocycles. The summed E-state index contributed by atoms with van der Waals surface area (Å²) >= 11 is 0. The number of ether oxygens (including phenoxy) is 3. The van der Waals surface area contributed by atoms with E-state index in [9.17, 15) is 9.59 Å². The van der Waals surface area contributed by atoms with Gasteiger partial charge in [0.25, 0.3) is 0 Å². The lowest BCUT2D eigenvalue weighted by atomic mass is 9.64. The quantitative estimate of drug-likeness (QED) is 0.283. The number of anilines is 2. The molecule has 3 aliphatic rings. The van der Waals surface area contributed by atoms with Gasteiger partial charge in [0.1, 0.15) is 17.2 Å². The van der Waals surface area contributed by atoms with E-state index in [0.717, 1.165) is 11.3 Å². The number of carbonyl (C=O) groups excluding carboxylic acids is 3. The average Bonchev–Trinajstić information content (AvgIpc) is 3.55. The molecule has 4 atom stereocenters. The molecule has 220 valence electrons. The van der Waals surface area contributed by atoms with E-state index in [1.165, 1.54) is 14.2 Å². The highest BCUT2D eigenvalue weighted by atomic mass is 16.5. The van der Waals surface area contributed by atoms with Gasteiger partial charge in [-0.3, -0.25) is 14.4 Å². The third kappa shape index (κ3) is 3.80. The molecule has 7 rings (SSSR count). The first kappa shape index (κ1) is 27.5. The topological polar surface area (TPSA) is 94.2 Å². The van der Waals surface area contributed by atoms with Crippen LogP contribution in [0.25, 0.3) is 6.08 Å². The fourth-order valence-corrected chi connectivity index (χ4v) is 7.21. The van der Waals surface area contributed by atoms with Crippen molar-refractivity contribution in [3.63, 3.8) is 0 Å². The number of benzene rings is 4. The van der Waals surface area contributed by atoms with Crippen LogP contribution in [0.5, 0.6) is 17.2 Å². The summed E-state index contributed by atoms with van der Waals surface area (Å²) in [5, 5.41) is 3.05. The van der Waals surface area contributed by atoms with Crippen LogP contribution in [0.3, 0.4) is 0 Å². The fraction of sp³-hybridized carbons (Fsp3) is 0.194. The number of hydrogen-bond acceptors (Lipinski definition) is 7. The van der Waals surface area contributed by atoms with Crippen LogP contribution in [0.15, 0.2) is 97.1 Å². The predicted molar refractivity (Wildman–Crippen MR) is 167 cm³/mol. The maximum Gasteiger partial charge on any atom is 0.238 e. The molecular weight excluding hydrogens is 556 g/mol. The second-order valence-electron chi connectivity index (χ2n) is 11.1. The Kier molecular flexibility index (Phi) is 6.50. The Labute approximate surface area is 254 Å². The van der Waals surface area contributed by atoms with Crippen LogP contribution in [0.1, 0.15) is 31.8 Å². The number of nitrogens with zero attached hydrogens (tertiary/aromatic N) is 1. The number of hydrogen-bond donors (Lipinski definition) is 1. The van der Waals surface area contributed by atoms with Gasteiger partial charge in [-0.25, -0.2) is 0 Å². The largest absolute Gasteiger partial charge is 0.497 e. The van der Waals surface area contributed by atoms with Crippen LogP contribution in [0.2, 0.25) is 0 Å². The number of amides is 1. The number of ketones is 2. The smallest absolute Gasteiger partial charge is 0.238 e. The minimum Gasteiger partial charge on any atom is -0.497 e. The van der Waals surface area contributed by atoms with Gasteiger partial charge in [-0.05, 0) is 65.7 Å². The van der Waals surface area contributed by atoms with E-state index in [2.05, 4.69) is 5.32 Å². The third-order valence-electron chi connectivity index (χ3n) is 9.14. The highest BCUT2D eigenvalue weighted by Crippen LogP contribution is 2.58. The van der Waals surface area contributed by atoms with Crippen LogP contribution in [0, 0.1) is 5.92 Å². The van der Waals surface area contributed by atoms with Crippen molar-refractivity contribution in [2.24, 2.45) is 5.92 Å². The Morgan fingerprint density at radius 2 is 1.48 bits per heavy atom. The molecule has 0 aliphatic carbocycles. The first-order valence-corrected chi connectivity index (χ1v) is 14.3. The van der Waals surface area contributed by atoms with Crippen molar-refractivity contribution in [2.45, 2.75) is 17.5 Å². The molecule has 3 heterocycles. The lowest BCUT2D eigenvalue weighted by Gasteiger charge is -2.37. The molecule has 4 aromatic rings. The van der Waals surface area contributed by atoms with Gasteiger partial charge in [0, 0.05) is 22.5 Å². The molecule has 1 unspecified atom stereocenters. The zero-order chi connectivity index (χ0) is 30.6. The van der Waals surface area contributed by atoms with E-state index in [-0.39, 0.29) is 17.5 Å². The Morgan fingerprint density at radius 1 is 0.773 bits per heavy atom. The van der Waals surface area contributed by atoms with Gasteiger partial charge in [0.2, 0.25) is 5.91 Å². The van der Waals surface area contributed by atoms with E-state index >= 15 is 4.79 Å². The molecule has 1 amide bonds. The van der Waals surface area contributed by atoms with E-state index in [1.54, 1.807) is 49.6 Å². The maximum absolute atomic E-state index is 15.0. The summed E-state index contributed by atoms with van der Waals surface area (Å²) in [6.45, 7) is 0. The zero-order valence-electron chi connectivity index (χ0n) is 24.4. The summed E-state index contributed by atoms with van der Waals surface area (Å²) in [5.41, 5.74) is 2.32. The summed E-state index contributed by atoms with van der Waals surface area (Å²) in [6, 6.07) is 25.3.